The van der Waals surface area contributed by atoms with Crippen molar-refractivity contribution in [1.82, 2.24) is 9.55 Å². The van der Waals surface area contributed by atoms with E-state index in [9.17, 15) is 4.79 Å². The van der Waals surface area contributed by atoms with E-state index < -0.39 is 5.97 Å². The van der Waals surface area contributed by atoms with Gasteiger partial charge in [0.05, 0.1) is 12.9 Å². The number of nitrogen functional groups attached to an aromatic ring is 1. The van der Waals surface area contributed by atoms with Gasteiger partial charge in [-0.15, -0.1) is 0 Å². The molecule has 1 saturated carbocycles. The molecule has 1 aliphatic carbocycles. The quantitative estimate of drug-likeness (QED) is 0.787. The zero-order chi connectivity index (χ0) is 11.7. The summed E-state index contributed by atoms with van der Waals surface area (Å²) < 4.78 is 6.77. The summed E-state index contributed by atoms with van der Waals surface area (Å²) in [6.07, 6.45) is 3.90. The molecule has 0 bridgehead atoms. The molecule has 88 valence electrons. The summed E-state index contributed by atoms with van der Waals surface area (Å²) in [6.45, 7) is 4.26. The fourth-order valence-corrected chi connectivity index (χ4v) is 2.00. The summed E-state index contributed by atoms with van der Waals surface area (Å²) in [7, 11) is 0. The summed E-state index contributed by atoms with van der Waals surface area (Å²) >= 11 is 0. The number of nitrogens with two attached hydrogens (primary N) is 1. The highest BCUT2D eigenvalue weighted by Crippen LogP contribution is 2.46. The third-order valence-corrected chi connectivity index (χ3v) is 3.07. The summed E-state index contributed by atoms with van der Waals surface area (Å²) in [5.41, 5.74) is 6.13. The van der Waals surface area contributed by atoms with Crippen LogP contribution in [-0.4, -0.2) is 22.1 Å². The van der Waals surface area contributed by atoms with Gasteiger partial charge in [-0.1, -0.05) is 13.3 Å². The van der Waals surface area contributed by atoms with Crippen LogP contribution in [0.15, 0.2) is 6.33 Å². The minimum absolute atomic E-state index is 0.239. The topological polar surface area (TPSA) is 70.1 Å². The lowest BCUT2D eigenvalue weighted by Gasteiger charge is -2.04. The van der Waals surface area contributed by atoms with E-state index in [4.69, 9.17) is 10.5 Å². The van der Waals surface area contributed by atoms with E-state index in [1.165, 1.54) is 0 Å². The van der Waals surface area contributed by atoms with Gasteiger partial charge in [-0.2, -0.15) is 0 Å². The SMILES string of the molecule is CCOC(=O)c1ncn(C2CC2CC)c1N. The Kier molecular flexibility index (Phi) is 2.85. The minimum atomic E-state index is -0.438. The molecule has 1 heterocycles. The number of esters is 1. The molecule has 2 atom stereocenters. The van der Waals surface area contributed by atoms with Gasteiger partial charge < -0.3 is 15.0 Å². The maximum absolute atomic E-state index is 11.5. The lowest BCUT2D eigenvalue weighted by atomic mass is 10.3. The van der Waals surface area contributed by atoms with Gasteiger partial charge in [0, 0.05) is 6.04 Å². The van der Waals surface area contributed by atoms with Gasteiger partial charge in [0.2, 0.25) is 0 Å². The number of rotatable bonds is 4. The molecule has 1 fully saturated rings. The van der Waals surface area contributed by atoms with Crippen LogP contribution in [0.1, 0.15) is 43.2 Å². The monoisotopic (exact) mass is 223 g/mol. The van der Waals surface area contributed by atoms with Gasteiger partial charge in [-0.25, -0.2) is 9.78 Å². The molecule has 5 heteroatoms. The Hall–Kier alpha value is -1.52. The van der Waals surface area contributed by atoms with E-state index in [2.05, 4.69) is 11.9 Å². The third kappa shape index (κ3) is 1.77. The average molecular weight is 223 g/mol. The summed E-state index contributed by atoms with van der Waals surface area (Å²) in [6, 6.07) is 0.417. The van der Waals surface area contributed by atoms with Crippen LogP contribution in [0.25, 0.3) is 0 Å². The molecule has 1 aromatic heterocycles. The van der Waals surface area contributed by atoms with Gasteiger partial charge >= 0.3 is 5.97 Å². The average Bonchev–Trinajstić information content (AvgIpc) is 2.95. The number of carbonyl (C=O) groups is 1. The molecule has 1 aromatic rings. The van der Waals surface area contributed by atoms with E-state index in [0.717, 1.165) is 12.8 Å². The first-order valence-corrected chi connectivity index (χ1v) is 5.68. The molecule has 2 rings (SSSR count). The van der Waals surface area contributed by atoms with Crippen LogP contribution in [0.4, 0.5) is 5.82 Å². The van der Waals surface area contributed by atoms with Crippen molar-refractivity contribution in [3.05, 3.63) is 12.0 Å². The van der Waals surface area contributed by atoms with Crippen LogP contribution < -0.4 is 5.73 Å². The molecule has 5 nitrogen and oxygen atoms in total. The minimum Gasteiger partial charge on any atom is -0.461 e. The predicted octanol–water partition coefficient (Wildman–Crippen LogP) is 1.61. The maximum Gasteiger partial charge on any atom is 0.360 e. The van der Waals surface area contributed by atoms with Crippen molar-refractivity contribution >= 4 is 11.8 Å². The van der Waals surface area contributed by atoms with E-state index >= 15 is 0 Å². The second kappa shape index (κ2) is 4.15. The van der Waals surface area contributed by atoms with Gasteiger partial charge in [-0.3, -0.25) is 0 Å². The van der Waals surface area contributed by atoms with Crippen molar-refractivity contribution in [2.45, 2.75) is 32.7 Å². The Morgan fingerprint density at radius 3 is 3.00 bits per heavy atom. The molecule has 0 aromatic carbocycles. The maximum atomic E-state index is 11.5. The summed E-state index contributed by atoms with van der Waals surface area (Å²) in [5, 5.41) is 0. The molecule has 1 aliphatic rings. The van der Waals surface area contributed by atoms with Crippen molar-refractivity contribution in [2.24, 2.45) is 5.92 Å². The van der Waals surface area contributed by atoms with Crippen molar-refractivity contribution < 1.29 is 9.53 Å². The van der Waals surface area contributed by atoms with E-state index in [-0.39, 0.29) is 5.69 Å². The fourth-order valence-electron chi connectivity index (χ4n) is 2.00. The molecule has 2 unspecified atom stereocenters. The first-order chi connectivity index (χ1) is 7.69. The Morgan fingerprint density at radius 1 is 1.69 bits per heavy atom. The van der Waals surface area contributed by atoms with Crippen molar-refractivity contribution in [2.75, 3.05) is 12.3 Å². The van der Waals surface area contributed by atoms with Crippen molar-refractivity contribution in [3.8, 4) is 0 Å². The Morgan fingerprint density at radius 2 is 2.44 bits per heavy atom. The van der Waals surface area contributed by atoms with E-state index in [1.54, 1.807) is 13.3 Å². The molecular formula is C11H17N3O2. The van der Waals surface area contributed by atoms with Gasteiger partial charge in [0.15, 0.2) is 5.69 Å². The number of ether oxygens (including phenoxy) is 1. The van der Waals surface area contributed by atoms with Crippen LogP contribution in [0.2, 0.25) is 0 Å². The molecule has 0 aliphatic heterocycles. The number of hydrogen-bond acceptors (Lipinski definition) is 4. The van der Waals surface area contributed by atoms with Gasteiger partial charge in [0.1, 0.15) is 5.82 Å². The van der Waals surface area contributed by atoms with Gasteiger partial charge in [0.25, 0.3) is 0 Å². The second-order valence-corrected chi connectivity index (χ2v) is 4.08. The molecule has 0 radical (unpaired) electrons. The van der Waals surface area contributed by atoms with E-state index in [1.807, 2.05) is 4.57 Å². The molecule has 0 saturated heterocycles. The van der Waals surface area contributed by atoms with Crippen LogP contribution >= 0.6 is 0 Å². The first-order valence-electron chi connectivity index (χ1n) is 5.68. The number of carbonyl (C=O) groups excluding carboxylic acids is 1. The molecule has 0 spiro atoms. The van der Waals surface area contributed by atoms with Crippen LogP contribution in [0.5, 0.6) is 0 Å². The number of aromatic nitrogens is 2. The Labute approximate surface area is 94.6 Å². The molecule has 16 heavy (non-hydrogen) atoms. The third-order valence-electron chi connectivity index (χ3n) is 3.07. The zero-order valence-electron chi connectivity index (χ0n) is 9.64. The van der Waals surface area contributed by atoms with Crippen molar-refractivity contribution in [1.29, 1.82) is 0 Å². The largest absolute Gasteiger partial charge is 0.461 e. The van der Waals surface area contributed by atoms with Gasteiger partial charge in [-0.05, 0) is 19.3 Å². The second-order valence-electron chi connectivity index (χ2n) is 4.08. The number of imidazole rings is 1. The number of hydrogen-bond donors (Lipinski definition) is 1. The van der Waals surface area contributed by atoms with E-state index in [0.29, 0.717) is 24.4 Å². The molecule has 2 N–H and O–H groups in total. The Bertz CT molecular complexity index is 400. The first kappa shape index (κ1) is 11.0. The lowest BCUT2D eigenvalue weighted by molar-refractivity contribution is 0.0521. The summed E-state index contributed by atoms with van der Waals surface area (Å²) in [4.78, 5) is 15.5. The molecule has 0 amide bonds. The Balaban J connectivity index is 2.15. The smallest absolute Gasteiger partial charge is 0.360 e. The number of anilines is 1. The lowest BCUT2D eigenvalue weighted by Crippen LogP contribution is -2.09. The highest BCUT2D eigenvalue weighted by atomic mass is 16.5. The zero-order valence-corrected chi connectivity index (χ0v) is 9.64. The summed E-state index contributed by atoms with van der Waals surface area (Å²) in [5.74, 6) is 0.665. The van der Waals surface area contributed by atoms with Crippen LogP contribution in [-0.2, 0) is 4.74 Å². The number of nitrogens with zero attached hydrogens (tertiary/aromatic N) is 2. The standard InChI is InChI=1S/C11H17N3O2/c1-3-7-5-8(7)14-6-13-9(10(14)12)11(15)16-4-2/h6-8H,3-5,12H2,1-2H3. The normalized spacial score (nSPS) is 23.1. The van der Waals surface area contributed by atoms with Crippen LogP contribution in [0.3, 0.4) is 0 Å². The highest BCUT2D eigenvalue weighted by molar-refractivity contribution is 5.92. The van der Waals surface area contributed by atoms with Crippen LogP contribution in [0, 0.1) is 5.92 Å². The van der Waals surface area contributed by atoms with Crippen molar-refractivity contribution in [3.63, 3.8) is 0 Å². The molecular weight excluding hydrogens is 206 g/mol. The fraction of sp³-hybridized carbons (Fsp3) is 0.636. The highest BCUT2D eigenvalue weighted by Gasteiger charge is 2.38. The predicted molar refractivity (Wildman–Crippen MR) is 60.0 cm³/mol.